The quantitative estimate of drug-likeness (QED) is 0.583. The molecule has 13 heavy (non-hydrogen) atoms. The van der Waals surface area contributed by atoms with Gasteiger partial charge in [0.25, 0.3) is 5.56 Å². The molecular formula is C7H8N2O4. The lowest BCUT2D eigenvalue weighted by Crippen LogP contribution is -2.16. The van der Waals surface area contributed by atoms with Crippen LogP contribution in [0.5, 0.6) is 5.88 Å². The van der Waals surface area contributed by atoms with Crippen LogP contribution < -0.4 is 5.56 Å². The van der Waals surface area contributed by atoms with E-state index in [1.54, 1.807) is 0 Å². The molecule has 0 aliphatic heterocycles. The van der Waals surface area contributed by atoms with Crippen LogP contribution in [0.3, 0.4) is 0 Å². The zero-order valence-corrected chi connectivity index (χ0v) is 6.81. The summed E-state index contributed by atoms with van der Waals surface area (Å²) in [6.45, 7) is 1.36. The third kappa shape index (κ3) is 2.05. The van der Waals surface area contributed by atoms with Crippen LogP contribution in [0.4, 0.5) is 0 Å². The molecule has 1 atom stereocenters. The van der Waals surface area contributed by atoms with E-state index in [2.05, 4.69) is 9.97 Å². The molecule has 0 spiro atoms. The van der Waals surface area contributed by atoms with Gasteiger partial charge >= 0.3 is 5.97 Å². The van der Waals surface area contributed by atoms with Crippen LogP contribution in [-0.2, 0) is 4.79 Å². The molecule has 3 N–H and O–H groups in total. The Kier molecular flexibility index (Phi) is 2.32. The number of aromatic nitrogens is 2. The molecule has 1 aromatic heterocycles. The molecular weight excluding hydrogens is 176 g/mol. The molecule has 0 amide bonds. The Morgan fingerprint density at radius 1 is 1.69 bits per heavy atom. The van der Waals surface area contributed by atoms with Crippen LogP contribution >= 0.6 is 0 Å². The number of nitrogens with zero attached hydrogens (tertiary/aromatic N) is 1. The minimum atomic E-state index is -1.12. The minimum Gasteiger partial charge on any atom is -0.493 e. The number of hydrogen-bond acceptors (Lipinski definition) is 4. The molecule has 70 valence electrons. The van der Waals surface area contributed by atoms with E-state index in [0.29, 0.717) is 0 Å². The van der Waals surface area contributed by atoms with Gasteiger partial charge in [-0.2, -0.15) is 4.98 Å². The van der Waals surface area contributed by atoms with Gasteiger partial charge in [0.05, 0.1) is 6.07 Å². The third-order valence-electron chi connectivity index (χ3n) is 1.53. The van der Waals surface area contributed by atoms with Gasteiger partial charge in [0.15, 0.2) is 0 Å². The third-order valence-corrected chi connectivity index (χ3v) is 1.53. The Hall–Kier alpha value is -1.85. The first-order chi connectivity index (χ1) is 6.00. The Balaban J connectivity index is 3.15. The molecule has 1 aromatic rings. The van der Waals surface area contributed by atoms with Crippen molar-refractivity contribution in [2.45, 2.75) is 12.8 Å². The molecule has 6 heteroatoms. The molecule has 0 bridgehead atoms. The summed E-state index contributed by atoms with van der Waals surface area (Å²) in [5.74, 6) is -2.60. The van der Waals surface area contributed by atoms with Crippen molar-refractivity contribution in [2.75, 3.05) is 0 Å². The minimum absolute atomic E-state index is 0.0579. The summed E-state index contributed by atoms with van der Waals surface area (Å²) in [6, 6.07) is 0.873. The maximum atomic E-state index is 10.8. The second-order valence-electron chi connectivity index (χ2n) is 2.55. The summed E-state index contributed by atoms with van der Waals surface area (Å²) < 4.78 is 0. The van der Waals surface area contributed by atoms with Gasteiger partial charge < -0.3 is 15.2 Å². The monoisotopic (exact) mass is 184 g/mol. The number of carbonyl (C=O) groups is 1. The number of aromatic hydroxyl groups is 1. The fourth-order valence-electron chi connectivity index (χ4n) is 0.785. The molecule has 0 aliphatic rings. The van der Waals surface area contributed by atoms with Gasteiger partial charge in [-0.15, -0.1) is 0 Å². The number of carboxylic acid groups (broad SMARTS) is 1. The van der Waals surface area contributed by atoms with Crippen molar-refractivity contribution in [3.63, 3.8) is 0 Å². The van der Waals surface area contributed by atoms with Gasteiger partial charge in [-0.1, -0.05) is 0 Å². The molecule has 0 aliphatic carbocycles. The highest BCUT2D eigenvalue weighted by Gasteiger charge is 2.16. The second-order valence-corrected chi connectivity index (χ2v) is 2.55. The Morgan fingerprint density at radius 3 is 2.77 bits per heavy atom. The van der Waals surface area contributed by atoms with Crippen LogP contribution in [0.1, 0.15) is 18.7 Å². The molecule has 0 radical (unpaired) electrons. The van der Waals surface area contributed by atoms with Gasteiger partial charge in [0.2, 0.25) is 5.88 Å². The van der Waals surface area contributed by atoms with Crippen molar-refractivity contribution in [3.8, 4) is 5.88 Å². The van der Waals surface area contributed by atoms with Gasteiger partial charge in [-0.3, -0.25) is 9.59 Å². The molecule has 0 aromatic carbocycles. The number of rotatable bonds is 2. The Labute approximate surface area is 72.9 Å². The van der Waals surface area contributed by atoms with E-state index in [1.165, 1.54) is 6.92 Å². The number of aliphatic carboxylic acids is 1. The van der Waals surface area contributed by atoms with Crippen LogP contribution in [0.15, 0.2) is 10.9 Å². The molecule has 6 nitrogen and oxygen atoms in total. The lowest BCUT2D eigenvalue weighted by molar-refractivity contribution is -0.138. The van der Waals surface area contributed by atoms with Crippen LogP contribution in [0.2, 0.25) is 0 Å². The summed E-state index contributed by atoms with van der Waals surface area (Å²) in [5.41, 5.74) is -0.574. The highest BCUT2D eigenvalue weighted by molar-refractivity contribution is 5.74. The normalized spacial score (nSPS) is 12.4. The average Bonchev–Trinajstić information content (AvgIpc) is 2.01. The number of aromatic amines is 1. The van der Waals surface area contributed by atoms with Gasteiger partial charge in [0, 0.05) is 0 Å². The topological polar surface area (TPSA) is 103 Å². The molecule has 0 saturated heterocycles. The molecule has 1 unspecified atom stereocenters. The van der Waals surface area contributed by atoms with Crippen molar-refractivity contribution < 1.29 is 15.0 Å². The van der Waals surface area contributed by atoms with Crippen LogP contribution in [0, 0.1) is 0 Å². The standard InChI is InChI=1S/C7H8N2O4/c1-3(7(12)13)6-8-4(10)2-5(11)9-6/h2-3H,1H3,(H,12,13)(H2,8,9,10,11). The van der Waals surface area contributed by atoms with Gasteiger partial charge in [-0.25, -0.2) is 0 Å². The zero-order valence-electron chi connectivity index (χ0n) is 6.81. The highest BCUT2D eigenvalue weighted by Crippen LogP contribution is 2.10. The lowest BCUT2D eigenvalue weighted by Gasteiger charge is -2.04. The van der Waals surface area contributed by atoms with E-state index in [-0.39, 0.29) is 5.82 Å². The molecule has 0 saturated carbocycles. The SMILES string of the molecule is CC(C(=O)O)c1nc(O)cc(=O)[nH]1. The van der Waals surface area contributed by atoms with Crippen LogP contribution in [-0.4, -0.2) is 26.2 Å². The van der Waals surface area contributed by atoms with E-state index in [1.807, 2.05) is 0 Å². The van der Waals surface area contributed by atoms with E-state index in [9.17, 15) is 9.59 Å². The van der Waals surface area contributed by atoms with Crippen molar-refractivity contribution in [3.05, 3.63) is 22.2 Å². The summed E-state index contributed by atoms with van der Waals surface area (Å²) >= 11 is 0. The van der Waals surface area contributed by atoms with Gasteiger partial charge in [-0.05, 0) is 6.92 Å². The molecule has 0 fully saturated rings. The van der Waals surface area contributed by atoms with E-state index in [0.717, 1.165) is 6.07 Å². The van der Waals surface area contributed by atoms with Crippen molar-refractivity contribution >= 4 is 5.97 Å². The van der Waals surface area contributed by atoms with Crippen LogP contribution in [0.25, 0.3) is 0 Å². The summed E-state index contributed by atoms with van der Waals surface area (Å²) in [4.78, 5) is 27.0. The van der Waals surface area contributed by atoms with Gasteiger partial charge in [0.1, 0.15) is 11.7 Å². The number of H-pyrrole nitrogens is 1. The largest absolute Gasteiger partial charge is 0.493 e. The zero-order chi connectivity index (χ0) is 10.0. The average molecular weight is 184 g/mol. The van der Waals surface area contributed by atoms with E-state index < -0.39 is 23.3 Å². The first kappa shape index (κ1) is 9.24. The first-order valence-corrected chi connectivity index (χ1v) is 3.53. The fraction of sp³-hybridized carbons (Fsp3) is 0.286. The van der Waals surface area contributed by atoms with E-state index in [4.69, 9.17) is 10.2 Å². The smallest absolute Gasteiger partial charge is 0.313 e. The molecule has 1 heterocycles. The predicted octanol–water partition coefficient (Wildman–Crippen LogP) is -0.336. The van der Waals surface area contributed by atoms with Crippen molar-refractivity contribution in [2.24, 2.45) is 0 Å². The number of nitrogens with one attached hydrogen (secondary N) is 1. The Morgan fingerprint density at radius 2 is 2.31 bits per heavy atom. The number of carboxylic acids is 1. The maximum Gasteiger partial charge on any atom is 0.313 e. The second kappa shape index (κ2) is 3.26. The summed E-state index contributed by atoms with van der Waals surface area (Å²) in [7, 11) is 0. The first-order valence-electron chi connectivity index (χ1n) is 3.53. The van der Waals surface area contributed by atoms with E-state index >= 15 is 0 Å². The highest BCUT2D eigenvalue weighted by atomic mass is 16.4. The lowest BCUT2D eigenvalue weighted by atomic mass is 10.2. The van der Waals surface area contributed by atoms with Crippen molar-refractivity contribution in [1.29, 1.82) is 0 Å². The van der Waals surface area contributed by atoms with Crippen molar-refractivity contribution in [1.82, 2.24) is 9.97 Å². The maximum absolute atomic E-state index is 10.8. The predicted molar refractivity (Wildman–Crippen MR) is 42.6 cm³/mol. The number of hydrogen-bond donors (Lipinski definition) is 3. The summed E-state index contributed by atoms with van der Waals surface area (Å²) in [6.07, 6.45) is 0. The Bertz CT molecular complexity index is 384. The molecule has 1 rings (SSSR count). The fourth-order valence-corrected chi connectivity index (χ4v) is 0.785. The summed E-state index contributed by atoms with van der Waals surface area (Å²) in [5, 5.41) is 17.5.